The van der Waals surface area contributed by atoms with Gasteiger partial charge in [-0.15, -0.1) is 12.3 Å². The molecule has 22 heavy (non-hydrogen) atoms. The highest BCUT2D eigenvalue weighted by molar-refractivity contribution is 9.09. The fourth-order valence-electron chi connectivity index (χ4n) is 2.12. The van der Waals surface area contributed by atoms with Crippen LogP contribution in [0.15, 0.2) is 0 Å². The summed E-state index contributed by atoms with van der Waals surface area (Å²) in [5.41, 5.74) is 0. The van der Waals surface area contributed by atoms with Crippen molar-refractivity contribution in [2.75, 3.05) is 18.5 Å². The maximum atomic E-state index is 11.3. The van der Waals surface area contributed by atoms with Gasteiger partial charge in [0.05, 0.1) is 13.2 Å². The van der Waals surface area contributed by atoms with Gasteiger partial charge in [-0.3, -0.25) is 0 Å². The van der Waals surface area contributed by atoms with E-state index < -0.39 is 6.16 Å². The van der Waals surface area contributed by atoms with Gasteiger partial charge in [-0.2, -0.15) is 0 Å². The van der Waals surface area contributed by atoms with Crippen LogP contribution in [-0.4, -0.2) is 24.7 Å². The third-order valence-corrected chi connectivity index (χ3v) is 3.99. The van der Waals surface area contributed by atoms with Crippen LogP contribution in [0.4, 0.5) is 4.79 Å². The average Bonchev–Trinajstić information content (AvgIpc) is 2.52. The Morgan fingerprint density at radius 2 is 1.23 bits per heavy atom. The van der Waals surface area contributed by atoms with E-state index in [0.717, 1.165) is 43.9 Å². The molecule has 0 saturated carbocycles. The zero-order chi connectivity index (χ0) is 16.3. The molecule has 0 aromatic carbocycles. The zero-order valence-corrected chi connectivity index (χ0v) is 15.4. The minimum absolute atomic E-state index is 0.471. The first-order valence-electron chi connectivity index (χ1n) is 8.60. The third-order valence-electron chi connectivity index (χ3n) is 3.43. The molecule has 0 fully saturated rings. The van der Waals surface area contributed by atoms with Gasteiger partial charge < -0.3 is 9.47 Å². The van der Waals surface area contributed by atoms with Gasteiger partial charge in [0.1, 0.15) is 0 Å². The summed E-state index contributed by atoms with van der Waals surface area (Å²) in [4.78, 5) is 11.3. The lowest BCUT2D eigenvalue weighted by Crippen LogP contribution is -2.09. The number of hydrogen-bond acceptors (Lipinski definition) is 3. The molecule has 0 aromatic heterocycles. The van der Waals surface area contributed by atoms with Gasteiger partial charge in [-0.05, 0) is 25.7 Å². The molecular formula is C18H31BrO3. The van der Waals surface area contributed by atoms with E-state index in [2.05, 4.69) is 21.9 Å². The number of hydrogen-bond donors (Lipinski definition) is 0. The maximum absolute atomic E-state index is 11.3. The van der Waals surface area contributed by atoms with Crippen molar-refractivity contribution in [2.45, 2.75) is 77.0 Å². The molecule has 0 saturated heterocycles. The van der Waals surface area contributed by atoms with Crippen LogP contribution in [0.3, 0.4) is 0 Å². The third kappa shape index (κ3) is 17.4. The van der Waals surface area contributed by atoms with Crippen molar-refractivity contribution in [3.8, 4) is 12.3 Å². The molecule has 0 amide bonds. The van der Waals surface area contributed by atoms with Crippen LogP contribution in [0.1, 0.15) is 77.0 Å². The highest BCUT2D eigenvalue weighted by Gasteiger charge is 2.02. The predicted octanol–water partition coefficient (Wildman–Crippen LogP) is 5.85. The summed E-state index contributed by atoms with van der Waals surface area (Å²) >= 11 is 3.39. The van der Waals surface area contributed by atoms with Crippen LogP contribution in [0.25, 0.3) is 0 Å². The van der Waals surface area contributed by atoms with Crippen LogP contribution in [0, 0.1) is 12.3 Å². The fraction of sp³-hybridized carbons (Fsp3) is 0.833. The molecule has 0 rings (SSSR count). The molecule has 0 aliphatic heterocycles. The van der Waals surface area contributed by atoms with Crippen molar-refractivity contribution in [3.05, 3.63) is 0 Å². The van der Waals surface area contributed by atoms with Crippen molar-refractivity contribution >= 4 is 22.1 Å². The van der Waals surface area contributed by atoms with E-state index in [1.54, 1.807) is 0 Å². The molecule has 0 unspecified atom stereocenters. The minimum atomic E-state index is -0.519. The average molecular weight is 375 g/mol. The van der Waals surface area contributed by atoms with Crippen LogP contribution in [0.5, 0.6) is 0 Å². The number of rotatable bonds is 15. The standard InChI is InChI=1S/C18H31BrO3/c1-2-3-4-5-6-7-8-10-13-16-21-18(20)22-17-14-11-9-12-15-19/h1H,3-17H2. The summed E-state index contributed by atoms with van der Waals surface area (Å²) in [6, 6.07) is 0. The van der Waals surface area contributed by atoms with Crippen LogP contribution < -0.4 is 0 Å². The van der Waals surface area contributed by atoms with Gasteiger partial charge in [0.2, 0.25) is 0 Å². The SMILES string of the molecule is C#CCCCCCCCCCOC(=O)OCCCCCCBr. The predicted molar refractivity (Wildman–Crippen MR) is 95.3 cm³/mol. The first kappa shape index (κ1) is 21.3. The van der Waals surface area contributed by atoms with Crippen molar-refractivity contribution in [3.63, 3.8) is 0 Å². The van der Waals surface area contributed by atoms with Gasteiger partial charge in [-0.25, -0.2) is 4.79 Å². The van der Waals surface area contributed by atoms with Crippen molar-refractivity contribution < 1.29 is 14.3 Å². The second kappa shape index (κ2) is 18.4. The van der Waals surface area contributed by atoms with E-state index >= 15 is 0 Å². The van der Waals surface area contributed by atoms with Gasteiger partial charge in [0, 0.05) is 11.8 Å². The summed E-state index contributed by atoms with van der Waals surface area (Å²) in [5.74, 6) is 2.66. The molecule has 0 spiro atoms. The Hall–Kier alpha value is -0.690. The van der Waals surface area contributed by atoms with Crippen LogP contribution >= 0.6 is 15.9 Å². The molecule has 3 nitrogen and oxygen atoms in total. The van der Waals surface area contributed by atoms with E-state index in [1.807, 2.05) is 0 Å². The Kier molecular flexibility index (Phi) is 17.8. The van der Waals surface area contributed by atoms with E-state index in [9.17, 15) is 4.79 Å². The molecule has 0 aliphatic carbocycles. The largest absolute Gasteiger partial charge is 0.508 e. The van der Waals surface area contributed by atoms with Gasteiger partial charge in [0.25, 0.3) is 0 Å². The van der Waals surface area contributed by atoms with Crippen molar-refractivity contribution in [1.82, 2.24) is 0 Å². The molecule has 0 bridgehead atoms. The normalized spacial score (nSPS) is 10.2. The Morgan fingerprint density at radius 3 is 1.73 bits per heavy atom. The number of terminal acetylenes is 1. The van der Waals surface area contributed by atoms with Crippen molar-refractivity contribution in [2.24, 2.45) is 0 Å². The summed E-state index contributed by atoms with van der Waals surface area (Å²) in [6.45, 7) is 0.943. The zero-order valence-electron chi connectivity index (χ0n) is 13.8. The van der Waals surface area contributed by atoms with Crippen LogP contribution in [0.2, 0.25) is 0 Å². The molecule has 0 aromatic rings. The Morgan fingerprint density at radius 1 is 0.773 bits per heavy atom. The highest BCUT2D eigenvalue weighted by Crippen LogP contribution is 2.08. The number of alkyl halides is 1. The first-order valence-corrected chi connectivity index (χ1v) is 9.72. The van der Waals surface area contributed by atoms with E-state index in [1.165, 1.54) is 38.5 Å². The van der Waals surface area contributed by atoms with Gasteiger partial charge >= 0.3 is 6.16 Å². The second-order valence-corrected chi connectivity index (χ2v) is 6.27. The molecule has 0 N–H and O–H groups in total. The lowest BCUT2D eigenvalue weighted by atomic mass is 10.1. The summed E-state index contributed by atoms with van der Waals surface area (Å²) in [7, 11) is 0. The van der Waals surface area contributed by atoms with Crippen molar-refractivity contribution in [1.29, 1.82) is 0 Å². The molecule has 0 aliphatic rings. The summed E-state index contributed by atoms with van der Waals surface area (Å²) in [6.07, 6.45) is 18.0. The molecule has 0 radical (unpaired) electrons. The molecule has 4 heteroatoms. The maximum Gasteiger partial charge on any atom is 0.508 e. The van der Waals surface area contributed by atoms with Gasteiger partial charge in [0.15, 0.2) is 0 Å². The van der Waals surface area contributed by atoms with Crippen LogP contribution in [-0.2, 0) is 9.47 Å². The molecule has 0 atom stereocenters. The summed E-state index contributed by atoms with van der Waals surface area (Å²) < 4.78 is 10.1. The highest BCUT2D eigenvalue weighted by atomic mass is 79.9. The lowest BCUT2D eigenvalue weighted by molar-refractivity contribution is 0.0529. The monoisotopic (exact) mass is 374 g/mol. The molecule has 128 valence electrons. The smallest absolute Gasteiger partial charge is 0.434 e. The topological polar surface area (TPSA) is 35.5 Å². The number of unbranched alkanes of at least 4 members (excludes halogenated alkanes) is 10. The Bertz CT molecular complexity index is 287. The second-order valence-electron chi connectivity index (χ2n) is 5.48. The summed E-state index contributed by atoms with van der Waals surface area (Å²) in [5, 5.41) is 1.04. The molecule has 0 heterocycles. The number of carbonyl (C=O) groups is 1. The van der Waals surface area contributed by atoms with E-state index in [4.69, 9.17) is 15.9 Å². The number of ether oxygens (including phenoxy) is 2. The first-order chi connectivity index (χ1) is 10.8. The van der Waals surface area contributed by atoms with E-state index in [-0.39, 0.29) is 0 Å². The molecular weight excluding hydrogens is 344 g/mol. The number of halogens is 1. The van der Waals surface area contributed by atoms with Gasteiger partial charge in [-0.1, -0.05) is 60.9 Å². The quantitative estimate of drug-likeness (QED) is 0.156. The Labute approximate surface area is 144 Å². The number of carbonyl (C=O) groups excluding carboxylic acids is 1. The lowest BCUT2D eigenvalue weighted by Gasteiger charge is -2.06. The van der Waals surface area contributed by atoms with E-state index in [0.29, 0.717) is 13.2 Å². The fourth-order valence-corrected chi connectivity index (χ4v) is 2.51. The minimum Gasteiger partial charge on any atom is -0.434 e. The Balaban J connectivity index is 3.14.